The molecule has 0 nitrogen and oxygen atoms in total. The molecule has 1 heteroatoms. The van der Waals surface area contributed by atoms with E-state index in [1.165, 1.54) is 18.4 Å². The van der Waals surface area contributed by atoms with Crippen molar-refractivity contribution in [2.24, 2.45) is 5.41 Å². The molecule has 0 unspecified atom stereocenters. The maximum Gasteiger partial charge on any atom is 0.0438 e. The van der Waals surface area contributed by atoms with Crippen LogP contribution in [0.15, 0.2) is 24.3 Å². The van der Waals surface area contributed by atoms with E-state index in [-0.39, 0.29) is 0 Å². The Morgan fingerprint density at radius 2 is 2.00 bits per heavy atom. The Morgan fingerprint density at radius 3 is 2.58 bits per heavy atom. The van der Waals surface area contributed by atoms with Gasteiger partial charge < -0.3 is 0 Å². The number of hydrogen-bond donors (Lipinski definition) is 0. The zero-order chi connectivity index (χ0) is 8.60. The second-order valence-electron chi connectivity index (χ2n) is 4.08. The van der Waals surface area contributed by atoms with Crippen LogP contribution in [-0.2, 0) is 6.42 Å². The molecule has 0 aromatic heterocycles. The standard InChI is InChI=1S/C11H13Cl/c1-11(6-7-11)8-9-4-2-3-5-10(9)12/h2-5H,6-8H2,1H3. The lowest BCUT2D eigenvalue weighted by atomic mass is 9.99. The average molecular weight is 181 g/mol. The van der Waals surface area contributed by atoms with Gasteiger partial charge in [0.2, 0.25) is 0 Å². The van der Waals surface area contributed by atoms with Gasteiger partial charge in [-0.1, -0.05) is 36.7 Å². The second-order valence-corrected chi connectivity index (χ2v) is 4.49. The molecule has 64 valence electrons. The summed E-state index contributed by atoms with van der Waals surface area (Å²) in [7, 11) is 0. The molecule has 0 aliphatic heterocycles. The zero-order valence-electron chi connectivity index (χ0n) is 7.31. The molecule has 1 aromatic carbocycles. The summed E-state index contributed by atoms with van der Waals surface area (Å²) < 4.78 is 0. The highest BCUT2D eigenvalue weighted by atomic mass is 35.5. The summed E-state index contributed by atoms with van der Waals surface area (Å²) in [6.07, 6.45) is 3.86. The Morgan fingerprint density at radius 1 is 1.33 bits per heavy atom. The van der Waals surface area contributed by atoms with Crippen LogP contribution in [0.25, 0.3) is 0 Å². The predicted molar refractivity (Wildman–Crippen MR) is 52.5 cm³/mol. The summed E-state index contributed by atoms with van der Waals surface area (Å²) in [5, 5.41) is 0.922. The molecule has 1 fully saturated rings. The van der Waals surface area contributed by atoms with Crippen LogP contribution in [0.2, 0.25) is 5.02 Å². The lowest BCUT2D eigenvalue weighted by Crippen LogP contribution is -1.98. The average Bonchev–Trinajstić information content (AvgIpc) is 2.74. The third kappa shape index (κ3) is 1.64. The molecule has 0 saturated heterocycles. The second kappa shape index (κ2) is 2.77. The molecule has 1 aliphatic rings. The summed E-state index contributed by atoms with van der Waals surface area (Å²) in [6, 6.07) is 8.16. The van der Waals surface area contributed by atoms with E-state index in [1.54, 1.807) is 0 Å². The van der Waals surface area contributed by atoms with Crippen LogP contribution in [0.5, 0.6) is 0 Å². The quantitative estimate of drug-likeness (QED) is 0.652. The van der Waals surface area contributed by atoms with Gasteiger partial charge in [-0.05, 0) is 36.3 Å². The van der Waals surface area contributed by atoms with Gasteiger partial charge in [-0.3, -0.25) is 0 Å². The Balaban J connectivity index is 2.17. The smallest absolute Gasteiger partial charge is 0.0438 e. The van der Waals surface area contributed by atoms with E-state index in [0.29, 0.717) is 5.41 Å². The molecule has 0 spiro atoms. The molecule has 0 amide bonds. The zero-order valence-corrected chi connectivity index (χ0v) is 8.06. The Labute approximate surface area is 78.6 Å². The molecule has 2 rings (SSSR count). The van der Waals surface area contributed by atoms with Crippen molar-refractivity contribution in [3.05, 3.63) is 34.9 Å². The monoisotopic (exact) mass is 180 g/mol. The normalized spacial score (nSPS) is 19.2. The van der Waals surface area contributed by atoms with Crippen molar-refractivity contribution in [1.82, 2.24) is 0 Å². The van der Waals surface area contributed by atoms with Crippen molar-refractivity contribution < 1.29 is 0 Å². The van der Waals surface area contributed by atoms with Gasteiger partial charge >= 0.3 is 0 Å². The topological polar surface area (TPSA) is 0 Å². The minimum absolute atomic E-state index is 0.561. The third-order valence-corrected chi connectivity index (χ3v) is 3.05. The maximum absolute atomic E-state index is 6.06. The SMILES string of the molecule is CC1(Cc2ccccc2Cl)CC1. The maximum atomic E-state index is 6.06. The fraction of sp³-hybridized carbons (Fsp3) is 0.455. The fourth-order valence-electron chi connectivity index (χ4n) is 1.49. The Kier molecular flexibility index (Phi) is 1.88. The largest absolute Gasteiger partial charge is 0.0840 e. The van der Waals surface area contributed by atoms with E-state index in [9.17, 15) is 0 Å². The summed E-state index contributed by atoms with van der Waals surface area (Å²) in [5.74, 6) is 0. The number of rotatable bonds is 2. The molecule has 0 heterocycles. The van der Waals surface area contributed by atoms with E-state index in [0.717, 1.165) is 11.4 Å². The van der Waals surface area contributed by atoms with Gasteiger partial charge in [0.05, 0.1) is 0 Å². The number of halogens is 1. The van der Waals surface area contributed by atoms with Crippen molar-refractivity contribution >= 4 is 11.6 Å². The highest BCUT2D eigenvalue weighted by molar-refractivity contribution is 6.31. The summed E-state index contributed by atoms with van der Waals surface area (Å²) in [6.45, 7) is 2.33. The van der Waals surface area contributed by atoms with Gasteiger partial charge in [-0.25, -0.2) is 0 Å². The highest BCUT2D eigenvalue weighted by Gasteiger charge is 2.37. The first kappa shape index (κ1) is 8.12. The van der Waals surface area contributed by atoms with Gasteiger partial charge in [0, 0.05) is 5.02 Å². The van der Waals surface area contributed by atoms with Gasteiger partial charge in [0.1, 0.15) is 0 Å². The summed E-state index contributed by atoms with van der Waals surface area (Å²) in [5.41, 5.74) is 1.87. The first-order chi connectivity index (χ1) is 5.70. The number of benzene rings is 1. The van der Waals surface area contributed by atoms with Crippen LogP contribution < -0.4 is 0 Å². The van der Waals surface area contributed by atoms with Crippen LogP contribution in [0, 0.1) is 5.41 Å². The summed E-state index contributed by atoms with van der Waals surface area (Å²) in [4.78, 5) is 0. The number of hydrogen-bond acceptors (Lipinski definition) is 0. The van der Waals surface area contributed by atoms with E-state index in [1.807, 2.05) is 12.1 Å². The molecular formula is C11H13Cl. The third-order valence-electron chi connectivity index (χ3n) is 2.68. The molecule has 1 saturated carbocycles. The van der Waals surface area contributed by atoms with Crippen molar-refractivity contribution in [3.8, 4) is 0 Å². The van der Waals surface area contributed by atoms with Gasteiger partial charge in [-0.15, -0.1) is 0 Å². The molecule has 12 heavy (non-hydrogen) atoms. The molecule has 0 N–H and O–H groups in total. The molecule has 1 aromatic rings. The lowest BCUT2D eigenvalue weighted by molar-refractivity contribution is 0.570. The fourth-order valence-corrected chi connectivity index (χ4v) is 1.69. The lowest BCUT2D eigenvalue weighted by Gasteiger charge is -2.08. The molecule has 1 aliphatic carbocycles. The van der Waals surface area contributed by atoms with Crippen molar-refractivity contribution in [2.75, 3.05) is 0 Å². The first-order valence-corrected chi connectivity index (χ1v) is 4.81. The molecule has 0 bridgehead atoms. The Hall–Kier alpha value is -0.490. The summed E-state index contributed by atoms with van der Waals surface area (Å²) >= 11 is 6.06. The van der Waals surface area contributed by atoms with Crippen molar-refractivity contribution in [1.29, 1.82) is 0 Å². The predicted octanol–water partition coefficient (Wildman–Crippen LogP) is 3.68. The van der Waals surface area contributed by atoms with Crippen LogP contribution in [0.3, 0.4) is 0 Å². The van der Waals surface area contributed by atoms with Gasteiger partial charge in [0.15, 0.2) is 0 Å². The van der Waals surface area contributed by atoms with Gasteiger partial charge in [-0.2, -0.15) is 0 Å². The Bertz CT molecular complexity index is 287. The van der Waals surface area contributed by atoms with Gasteiger partial charge in [0.25, 0.3) is 0 Å². The minimum Gasteiger partial charge on any atom is -0.0840 e. The van der Waals surface area contributed by atoms with Crippen molar-refractivity contribution in [3.63, 3.8) is 0 Å². The highest BCUT2D eigenvalue weighted by Crippen LogP contribution is 2.48. The van der Waals surface area contributed by atoms with E-state index >= 15 is 0 Å². The first-order valence-electron chi connectivity index (χ1n) is 4.43. The van der Waals surface area contributed by atoms with E-state index in [2.05, 4.69) is 19.1 Å². The van der Waals surface area contributed by atoms with Crippen LogP contribution in [-0.4, -0.2) is 0 Å². The molecular weight excluding hydrogens is 168 g/mol. The minimum atomic E-state index is 0.561. The van der Waals surface area contributed by atoms with Crippen LogP contribution in [0.1, 0.15) is 25.3 Å². The van der Waals surface area contributed by atoms with Crippen molar-refractivity contribution in [2.45, 2.75) is 26.2 Å². The van der Waals surface area contributed by atoms with E-state index in [4.69, 9.17) is 11.6 Å². The van der Waals surface area contributed by atoms with Crippen LogP contribution >= 0.6 is 11.6 Å². The molecule has 0 atom stereocenters. The van der Waals surface area contributed by atoms with E-state index < -0.39 is 0 Å². The van der Waals surface area contributed by atoms with Crippen LogP contribution in [0.4, 0.5) is 0 Å². The molecule has 0 radical (unpaired) electrons.